The van der Waals surface area contributed by atoms with E-state index in [-0.39, 0.29) is 37.3 Å². The van der Waals surface area contributed by atoms with E-state index in [1.165, 1.54) is 14.0 Å². The van der Waals surface area contributed by atoms with Crippen LogP contribution >= 0.6 is 0 Å². The number of likely N-dealkylation sites (N-methyl/N-ethyl adjacent to an activating group) is 2. The minimum Gasteiger partial charge on any atom is -0.459 e. The highest BCUT2D eigenvalue weighted by Crippen LogP contribution is 2.40. The van der Waals surface area contributed by atoms with Crippen molar-refractivity contribution in [3.63, 3.8) is 0 Å². The van der Waals surface area contributed by atoms with Crippen LogP contribution in [0.25, 0.3) is 0 Å². The molecule has 0 amide bonds. The van der Waals surface area contributed by atoms with Crippen LogP contribution in [0.15, 0.2) is 0 Å². The molecule has 0 aromatic carbocycles. The Morgan fingerprint density at radius 1 is 0.961 bits per heavy atom. The summed E-state index contributed by atoms with van der Waals surface area (Å²) in [7, 11) is 5.10. The number of carbonyl (C=O) groups excluding carboxylic acids is 1. The van der Waals surface area contributed by atoms with Crippen LogP contribution in [0.2, 0.25) is 0 Å². The first-order chi connectivity index (χ1) is 23.5. The van der Waals surface area contributed by atoms with Crippen molar-refractivity contribution in [2.45, 2.75) is 185 Å². The molecule has 14 heteroatoms. The number of aliphatic hydroxyl groups is 5. The Morgan fingerprint density at radius 2 is 1.59 bits per heavy atom. The van der Waals surface area contributed by atoms with Crippen molar-refractivity contribution in [3.05, 3.63) is 0 Å². The molecule has 3 fully saturated rings. The Hall–Kier alpha value is -1.01. The summed E-state index contributed by atoms with van der Waals surface area (Å²) < 4.78 is 37.3. The van der Waals surface area contributed by atoms with Gasteiger partial charge in [-0.05, 0) is 87.7 Å². The lowest BCUT2D eigenvalue weighted by Crippen LogP contribution is -2.60. The molecule has 51 heavy (non-hydrogen) atoms. The highest BCUT2D eigenvalue weighted by molar-refractivity contribution is 5.73. The number of aliphatic hydroxyl groups excluding tert-OH is 3. The van der Waals surface area contributed by atoms with E-state index >= 15 is 0 Å². The van der Waals surface area contributed by atoms with Crippen molar-refractivity contribution in [1.82, 2.24) is 10.2 Å². The van der Waals surface area contributed by atoms with Gasteiger partial charge in [-0.15, -0.1) is 0 Å². The fourth-order valence-electron chi connectivity index (χ4n) is 8.53. The fourth-order valence-corrected chi connectivity index (χ4v) is 8.53. The first kappa shape index (κ1) is 44.4. The van der Waals surface area contributed by atoms with Crippen molar-refractivity contribution < 1.29 is 58.7 Å². The van der Waals surface area contributed by atoms with Gasteiger partial charge in [-0.2, -0.15) is 0 Å². The summed E-state index contributed by atoms with van der Waals surface area (Å²) in [5.74, 6) is -2.59. The predicted octanol–water partition coefficient (Wildman–Crippen LogP) is 1.56. The molecular formula is C37H70N2O12. The van der Waals surface area contributed by atoms with E-state index in [9.17, 15) is 30.3 Å². The average molecular weight is 735 g/mol. The number of hydrogen-bond acceptors (Lipinski definition) is 14. The average Bonchev–Trinajstić information content (AvgIpc) is 3.05. The van der Waals surface area contributed by atoms with Gasteiger partial charge < -0.3 is 64.2 Å². The Balaban J connectivity index is 2.16. The van der Waals surface area contributed by atoms with Crippen LogP contribution < -0.4 is 5.32 Å². The molecule has 0 saturated carbocycles. The second-order valence-corrected chi connectivity index (χ2v) is 16.5. The number of hydrogen-bond donors (Lipinski definition) is 6. The topological polar surface area (TPSA) is 189 Å². The molecule has 18 atom stereocenters. The van der Waals surface area contributed by atoms with Gasteiger partial charge in [0.25, 0.3) is 0 Å². The maximum absolute atomic E-state index is 14.2. The van der Waals surface area contributed by atoms with Gasteiger partial charge in [-0.1, -0.05) is 20.8 Å². The van der Waals surface area contributed by atoms with Crippen LogP contribution in [0.1, 0.15) is 94.9 Å². The van der Waals surface area contributed by atoms with Gasteiger partial charge in [0.1, 0.15) is 30.0 Å². The number of nitrogens with one attached hydrogen (secondary N) is 1. The molecule has 3 heterocycles. The van der Waals surface area contributed by atoms with Crippen molar-refractivity contribution >= 4 is 5.97 Å². The summed E-state index contributed by atoms with van der Waals surface area (Å²) in [5, 5.41) is 61.0. The van der Waals surface area contributed by atoms with E-state index in [2.05, 4.69) is 5.32 Å². The van der Waals surface area contributed by atoms with Gasteiger partial charge in [0.15, 0.2) is 12.6 Å². The number of methoxy groups -OCH3 is 1. The van der Waals surface area contributed by atoms with Gasteiger partial charge in [-0.3, -0.25) is 4.79 Å². The summed E-state index contributed by atoms with van der Waals surface area (Å²) in [6.45, 7) is 18.0. The first-order valence-corrected chi connectivity index (χ1v) is 18.8. The van der Waals surface area contributed by atoms with Crippen LogP contribution in [0.5, 0.6) is 0 Å². The summed E-state index contributed by atoms with van der Waals surface area (Å²) in [5.41, 5.74) is -4.37. The van der Waals surface area contributed by atoms with Crippen LogP contribution in [0.4, 0.5) is 0 Å². The molecule has 0 aromatic heterocycles. The Labute approximate surface area is 305 Å². The molecule has 3 rings (SSSR count). The molecule has 300 valence electrons. The third-order valence-corrected chi connectivity index (χ3v) is 11.9. The van der Waals surface area contributed by atoms with Crippen molar-refractivity contribution in [1.29, 1.82) is 0 Å². The monoisotopic (exact) mass is 734 g/mol. The zero-order valence-electron chi connectivity index (χ0n) is 33.2. The van der Waals surface area contributed by atoms with Crippen LogP contribution in [0, 0.1) is 17.8 Å². The van der Waals surface area contributed by atoms with E-state index in [1.807, 2.05) is 32.7 Å². The number of carbonyl (C=O) groups is 1. The summed E-state index contributed by atoms with van der Waals surface area (Å²) in [4.78, 5) is 16.1. The third-order valence-electron chi connectivity index (χ3n) is 11.9. The zero-order chi connectivity index (χ0) is 38.8. The Bertz CT molecular complexity index is 1110. The molecule has 1 unspecified atom stereocenters. The summed E-state index contributed by atoms with van der Waals surface area (Å²) in [6.07, 6.45) is -8.24. The van der Waals surface area contributed by atoms with Crippen LogP contribution in [0.3, 0.4) is 0 Å². The molecule has 0 spiro atoms. The second kappa shape index (κ2) is 17.6. The molecule has 6 N–H and O–H groups in total. The van der Waals surface area contributed by atoms with Crippen LogP contribution in [-0.4, -0.2) is 154 Å². The lowest BCUT2D eigenvalue weighted by Gasteiger charge is -2.48. The number of ether oxygens (including phenoxy) is 6. The number of rotatable bonds is 7. The molecule has 3 aliphatic rings. The summed E-state index contributed by atoms with van der Waals surface area (Å²) in [6, 6.07) is -0.858. The van der Waals surface area contributed by atoms with Crippen LogP contribution in [-0.2, 0) is 33.2 Å². The van der Waals surface area contributed by atoms with Gasteiger partial charge in [0.2, 0.25) is 0 Å². The van der Waals surface area contributed by atoms with Gasteiger partial charge >= 0.3 is 5.97 Å². The molecule has 3 aliphatic heterocycles. The molecule has 0 radical (unpaired) electrons. The quantitative estimate of drug-likeness (QED) is 0.207. The fraction of sp³-hybridized carbons (Fsp3) is 0.973. The largest absolute Gasteiger partial charge is 0.459 e. The molecular weight excluding hydrogens is 664 g/mol. The van der Waals surface area contributed by atoms with Crippen molar-refractivity contribution in [2.24, 2.45) is 17.8 Å². The third kappa shape index (κ3) is 10.0. The SMILES string of the molecule is CC[C@H]1OC(=O)[C@H](C)[C@@H](O[C@H]2C[C@@](C)(OC)[C@@H](O)[C@H](C)O2)[C@H](C)[C@@H](O[C@@H]2O[C@H](C)C[C@H](NC)[C@H]2O)[C@](C)(O)C[C@@H](C)CN(C)[C@H](C)C(O)[C@]1(C)O. The first-order valence-electron chi connectivity index (χ1n) is 18.8. The van der Waals surface area contributed by atoms with E-state index in [0.29, 0.717) is 13.0 Å². The smallest absolute Gasteiger partial charge is 0.311 e. The molecule has 0 bridgehead atoms. The minimum absolute atomic E-state index is 0.132. The van der Waals surface area contributed by atoms with E-state index < -0.39 is 96.0 Å². The van der Waals surface area contributed by atoms with E-state index in [1.54, 1.807) is 48.6 Å². The molecule has 3 saturated heterocycles. The lowest BCUT2D eigenvalue weighted by molar-refractivity contribution is -0.316. The van der Waals surface area contributed by atoms with Gasteiger partial charge in [0.05, 0.1) is 41.5 Å². The normalized spacial score (nSPS) is 50.2. The molecule has 0 aromatic rings. The number of nitrogens with zero attached hydrogens (tertiary/aromatic N) is 1. The van der Waals surface area contributed by atoms with Crippen molar-refractivity contribution in [3.8, 4) is 0 Å². The summed E-state index contributed by atoms with van der Waals surface area (Å²) >= 11 is 0. The van der Waals surface area contributed by atoms with Gasteiger partial charge in [0, 0.05) is 38.1 Å². The van der Waals surface area contributed by atoms with Crippen molar-refractivity contribution in [2.75, 3.05) is 27.7 Å². The second-order valence-electron chi connectivity index (χ2n) is 16.5. The lowest BCUT2D eigenvalue weighted by atomic mass is 9.77. The van der Waals surface area contributed by atoms with E-state index in [0.717, 1.165) is 0 Å². The van der Waals surface area contributed by atoms with E-state index in [4.69, 9.17) is 28.4 Å². The maximum atomic E-state index is 14.2. The Kier molecular flexibility index (Phi) is 15.3. The number of cyclic esters (lactones) is 1. The molecule has 14 nitrogen and oxygen atoms in total. The number of esters is 1. The standard InChI is InChI=1S/C37H70N2O12/c1-14-26-37(10,45)30(41)23(6)39(12)18-19(2)16-35(8,44)32(51-34-28(40)25(38-11)15-20(3)47-34)21(4)29(22(5)33(43)49-26)50-27-17-36(9,46-13)31(42)24(7)48-27/h19-32,34,38,40-42,44-45H,14-18H2,1-13H3/t19-,20-,21+,22-,23-,24+,25+,26-,27+,28-,29+,30?,31+,32-,34+,35-,36-,37-/m1/s1. The highest BCUT2D eigenvalue weighted by Gasteiger charge is 2.52. The Morgan fingerprint density at radius 3 is 2.16 bits per heavy atom. The highest BCUT2D eigenvalue weighted by atomic mass is 16.7. The minimum atomic E-state index is -1.80. The zero-order valence-corrected chi connectivity index (χ0v) is 33.2. The molecule has 0 aliphatic carbocycles. The predicted molar refractivity (Wildman–Crippen MR) is 190 cm³/mol. The van der Waals surface area contributed by atoms with Gasteiger partial charge in [-0.25, -0.2) is 0 Å². The maximum Gasteiger partial charge on any atom is 0.311 e.